The summed E-state index contributed by atoms with van der Waals surface area (Å²) in [5.74, 6) is -1.81. The third-order valence-corrected chi connectivity index (χ3v) is 3.64. The van der Waals surface area contributed by atoms with Crippen LogP contribution in [0.2, 0.25) is 0 Å². The summed E-state index contributed by atoms with van der Waals surface area (Å²) < 4.78 is 10.4. The Morgan fingerprint density at radius 1 is 1.33 bits per heavy atom. The minimum Gasteiger partial charge on any atom is -0.504 e. The van der Waals surface area contributed by atoms with Gasteiger partial charge in [-0.05, 0) is 36.8 Å². The second kappa shape index (κ2) is 6.11. The van der Waals surface area contributed by atoms with E-state index in [4.69, 9.17) is 9.15 Å². The van der Waals surface area contributed by atoms with Crippen molar-refractivity contribution >= 4 is 11.7 Å². The zero-order valence-corrected chi connectivity index (χ0v) is 12.8. The Morgan fingerprint density at radius 3 is 2.79 bits per heavy atom. The van der Waals surface area contributed by atoms with Gasteiger partial charge in [-0.2, -0.15) is 0 Å². The number of carbonyl (C=O) groups is 2. The number of amides is 1. The lowest BCUT2D eigenvalue weighted by atomic mass is 9.95. The Kier molecular flexibility index (Phi) is 3.99. The van der Waals surface area contributed by atoms with E-state index in [1.54, 1.807) is 6.92 Å². The molecule has 1 atom stereocenters. The van der Waals surface area contributed by atoms with Crippen molar-refractivity contribution in [2.24, 2.45) is 0 Å². The van der Waals surface area contributed by atoms with Crippen LogP contribution in [-0.4, -0.2) is 28.5 Å². The van der Waals surface area contributed by atoms with Crippen LogP contribution < -0.4 is 10.1 Å². The summed E-state index contributed by atoms with van der Waals surface area (Å²) in [6.45, 7) is 2.11. The standard InChI is InChI=1S/C17H15NO6/c1-2-23-12-8-9(5-6-10(12)19)14-13(16(21)17(22)18-14)15(20)11-4-3-7-24-11/h3-8,14,19,21H,2H2,1H3,(H,18,22). The van der Waals surface area contributed by atoms with Crippen molar-refractivity contribution in [1.82, 2.24) is 5.32 Å². The Hall–Kier alpha value is -3.22. The molecule has 2 aromatic rings. The van der Waals surface area contributed by atoms with Gasteiger partial charge in [0.2, 0.25) is 5.78 Å². The Morgan fingerprint density at radius 2 is 2.12 bits per heavy atom. The highest BCUT2D eigenvalue weighted by Crippen LogP contribution is 2.36. The van der Waals surface area contributed by atoms with E-state index >= 15 is 0 Å². The first-order valence-corrected chi connectivity index (χ1v) is 7.30. The summed E-state index contributed by atoms with van der Waals surface area (Å²) >= 11 is 0. The van der Waals surface area contributed by atoms with Gasteiger partial charge in [-0.25, -0.2) is 0 Å². The number of ketones is 1. The summed E-state index contributed by atoms with van der Waals surface area (Å²) in [5, 5.41) is 22.3. The molecule has 7 nitrogen and oxygen atoms in total. The van der Waals surface area contributed by atoms with E-state index in [9.17, 15) is 19.8 Å². The average molecular weight is 329 g/mol. The van der Waals surface area contributed by atoms with Crippen molar-refractivity contribution in [1.29, 1.82) is 0 Å². The van der Waals surface area contributed by atoms with Gasteiger partial charge in [0.25, 0.3) is 5.91 Å². The van der Waals surface area contributed by atoms with E-state index < -0.39 is 23.5 Å². The van der Waals surface area contributed by atoms with E-state index in [1.165, 1.54) is 36.6 Å². The number of phenolic OH excluding ortho intramolecular Hbond substituents is 1. The molecule has 1 unspecified atom stereocenters. The number of furan rings is 1. The SMILES string of the molecule is CCOc1cc(C2NC(=O)C(O)=C2C(=O)c2ccco2)ccc1O. The fourth-order valence-corrected chi connectivity index (χ4v) is 2.54. The molecule has 0 saturated heterocycles. The number of benzene rings is 1. The number of carbonyl (C=O) groups excluding carboxylic acids is 2. The quantitative estimate of drug-likeness (QED) is 0.726. The number of hydrogen-bond acceptors (Lipinski definition) is 6. The van der Waals surface area contributed by atoms with Gasteiger partial charge in [0.05, 0.1) is 24.5 Å². The van der Waals surface area contributed by atoms with Crippen molar-refractivity contribution in [2.45, 2.75) is 13.0 Å². The zero-order chi connectivity index (χ0) is 17.3. The molecule has 24 heavy (non-hydrogen) atoms. The first-order chi connectivity index (χ1) is 11.5. The highest BCUT2D eigenvalue weighted by molar-refractivity contribution is 6.15. The maximum Gasteiger partial charge on any atom is 0.287 e. The van der Waals surface area contributed by atoms with Crippen LogP contribution in [0.3, 0.4) is 0 Å². The van der Waals surface area contributed by atoms with E-state index in [-0.39, 0.29) is 22.8 Å². The monoisotopic (exact) mass is 329 g/mol. The van der Waals surface area contributed by atoms with Crippen molar-refractivity contribution in [3.63, 3.8) is 0 Å². The molecule has 0 bridgehead atoms. The van der Waals surface area contributed by atoms with Gasteiger partial charge in [0.1, 0.15) is 0 Å². The van der Waals surface area contributed by atoms with Gasteiger partial charge >= 0.3 is 0 Å². The fraction of sp³-hybridized carbons (Fsp3) is 0.176. The Labute approximate surface area is 137 Å². The summed E-state index contributed by atoms with van der Waals surface area (Å²) in [4.78, 5) is 24.4. The van der Waals surface area contributed by atoms with Crippen LogP contribution in [0.15, 0.2) is 52.3 Å². The molecule has 0 aliphatic carbocycles. The summed E-state index contributed by atoms with van der Waals surface area (Å²) in [5.41, 5.74) is 0.381. The van der Waals surface area contributed by atoms with Crippen molar-refractivity contribution in [2.75, 3.05) is 6.61 Å². The normalized spacial score (nSPS) is 17.0. The highest BCUT2D eigenvalue weighted by Gasteiger charge is 2.38. The van der Waals surface area contributed by atoms with E-state index in [0.717, 1.165) is 0 Å². The van der Waals surface area contributed by atoms with Crippen LogP contribution >= 0.6 is 0 Å². The van der Waals surface area contributed by atoms with Gasteiger partial charge in [-0.1, -0.05) is 6.07 Å². The molecule has 124 valence electrons. The molecule has 1 aromatic heterocycles. The van der Waals surface area contributed by atoms with Crippen molar-refractivity contribution in [3.8, 4) is 11.5 Å². The predicted octanol–water partition coefficient (Wildman–Crippen LogP) is 2.25. The number of phenols is 1. The fourth-order valence-electron chi connectivity index (χ4n) is 2.54. The Balaban J connectivity index is 2.03. The maximum atomic E-state index is 12.5. The third-order valence-electron chi connectivity index (χ3n) is 3.64. The summed E-state index contributed by atoms with van der Waals surface area (Å²) in [7, 11) is 0. The number of Topliss-reactive ketones (excluding diaryl/α,β-unsaturated/α-hetero) is 1. The molecule has 0 saturated carbocycles. The van der Waals surface area contributed by atoms with Crippen LogP contribution in [0.4, 0.5) is 0 Å². The van der Waals surface area contributed by atoms with Gasteiger partial charge in [-0.3, -0.25) is 9.59 Å². The second-order valence-electron chi connectivity index (χ2n) is 5.14. The Bertz CT molecular complexity index is 822. The van der Waals surface area contributed by atoms with Crippen LogP contribution in [0.5, 0.6) is 11.5 Å². The average Bonchev–Trinajstić information content (AvgIpc) is 3.19. The largest absolute Gasteiger partial charge is 0.504 e. The predicted molar refractivity (Wildman–Crippen MR) is 82.9 cm³/mol. The second-order valence-corrected chi connectivity index (χ2v) is 5.14. The topological polar surface area (TPSA) is 109 Å². The molecule has 0 radical (unpaired) electrons. The summed E-state index contributed by atoms with van der Waals surface area (Å²) in [6, 6.07) is 6.57. The van der Waals surface area contributed by atoms with E-state index in [0.29, 0.717) is 12.2 Å². The van der Waals surface area contributed by atoms with Crippen LogP contribution in [0, 0.1) is 0 Å². The van der Waals surface area contributed by atoms with Crippen molar-refractivity contribution in [3.05, 3.63) is 59.3 Å². The molecule has 0 fully saturated rings. The smallest absolute Gasteiger partial charge is 0.287 e. The van der Waals surface area contributed by atoms with Crippen LogP contribution in [0.1, 0.15) is 29.1 Å². The molecular formula is C17H15NO6. The molecule has 1 amide bonds. The van der Waals surface area contributed by atoms with Crippen LogP contribution in [0.25, 0.3) is 0 Å². The molecule has 3 rings (SSSR count). The number of aromatic hydroxyl groups is 1. The number of rotatable bonds is 5. The lowest BCUT2D eigenvalue weighted by Crippen LogP contribution is -2.23. The highest BCUT2D eigenvalue weighted by atomic mass is 16.5. The van der Waals surface area contributed by atoms with Gasteiger partial charge in [0, 0.05) is 0 Å². The number of aliphatic hydroxyl groups is 1. The van der Waals surface area contributed by atoms with Crippen molar-refractivity contribution < 1.29 is 29.0 Å². The zero-order valence-electron chi connectivity index (χ0n) is 12.8. The molecule has 1 aromatic carbocycles. The molecule has 1 aliphatic rings. The molecule has 7 heteroatoms. The van der Waals surface area contributed by atoms with E-state index in [1.807, 2.05) is 0 Å². The molecule has 2 heterocycles. The molecule has 3 N–H and O–H groups in total. The van der Waals surface area contributed by atoms with Gasteiger partial charge < -0.3 is 24.7 Å². The minimum absolute atomic E-state index is 0.0156. The number of aliphatic hydroxyl groups excluding tert-OH is 1. The molecule has 0 spiro atoms. The number of hydrogen-bond donors (Lipinski definition) is 3. The summed E-state index contributed by atoms with van der Waals surface area (Å²) in [6.07, 6.45) is 1.33. The third kappa shape index (κ3) is 2.60. The first-order valence-electron chi connectivity index (χ1n) is 7.30. The molecular weight excluding hydrogens is 314 g/mol. The van der Waals surface area contributed by atoms with Gasteiger partial charge in [-0.15, -0.1) is 0 Å². The maximum absolute atomic E-state index is 12.5. The lowest BCUT2D eigenvalue weighted by Gasteiger charge is -2.16. The molecule has 1 aliphatic heterocycles. The lowest BCUT2D eigenvalue weighted by molar-refractivity contribution is -0.119. The van der Waals surface area contributed by atoms with Crippen LogP contribution in [-0.2, 0) is 4.79 Å². The van der Waals surface area contributed by atoms with E-state index in [2.05, 4.69) is 5.32 Å². The first kappa shape index (κ1) is 15.7. The minimum atomic E-state index is -0.866. The number of ether oxygens (including phenoxy) is 1. The van der Waals surface area contributed by atoms with Gasteiger partial charge in [0.15, 0.2) is 23.0 Å². The number of nitrogens with one attached hydrogen (secondary N) is 1.